The molecule has 0 aliphatic carbocycles. The number of carbonyl (C=O) groups is 2. The Balaban J connectivity index is 2.55. The van der Waals surface area contributed by atoms with E-state index in [-0.39, 0.29) is 18.0 Å². The first-order valence-electron chi connectivity index (χ1n) is 5.83. The molecule has 0 radical (unpaired) electrons. The van der Waals surface area contributed by atoms with Crippen molar-refractivity contribution in [1.82, 2.24) is 0 Å². The van der Waals surface area contributed by atoms with Crippen molar-refractivity contribution in [1.29, 1.82) is 0 Å². The first-order valence-corrected chi connectivity index (χ1v) is 5.83. The molecule has 1 fully saturated rings. The molecule has 1 aliphatic heterocycles. The molecule has 6 heteroatoms. The zero-order chi connectivity index (χ0) is 14.7. The van der Waals surface area contributed by atoms with Crippen molar-refractivity contribution in [3.05, 3.63) is 23.3 Å². The van der Waals surface area contributed by atoms with Gasteiger partial charge < -0.3 is 18.9 Å². The Morgan fingerprint density at radius 1 is 1.05 bits per heavy atom. The first-order chi connectivity index (χ1) is 9.62. The van der Waals surface area contributed by atoms with Crippen LogP contribution in [0.15, 0.2) is 17.7 Å². The number of ether oxygens (including phenoxy) is 4. The normalized spacial score (nSPS) is 16.2. The zero-order valence-electron chi connectivity index (χ0n) is 11.4. The Labute approximate surface area is 115 Å². The predicted molar refractivity (Wildman–Crippen MR) is 70.0 cm³/mol. The van der Waals surface area contributed by atoms with E-state index in [0.717, 1.165) is 0 Å². The van der Waals surface area contributed by atoms with Crippen LogP contribution in [0.3, 0.4) is 0 Å². The minimum Gasteiger partial charge on any atom is -0.493 e. The fourth-order valence-electron chi connectivity index (χ4n) is 1.93. The molecule has 2 rings (SSSR count). The molecular weight excluding hydrogens is 264 g/mol. The van der Waals surface area contributed by atoms with Crippen LogP contribution in [0.5, 0.6) is 17.2 Å². The molecule has 6 nitrogen and oxygen atoms in total. The van der Waals surface area contributed by atoms with Crippen LogP contribution in [0.4, 0.5) is 0 Å². The number of Topliss-reactive ketones (excluding diaryl/α,β-unsaturated/α-hetero) is 1. The summed E-state index contributed by atoms with van der Waals surface area (Å²) in [5, 5.41) is 0. The van der Waals surface area contributed by atoms with Gasteiger partial charge in [-0.25, -0.2) is 4.79 Å². The third kappa shape index (κ3) is 2.32. The fourth-order valence-corrected chi connectivity index (χ4v) is 1.93. The number of cyclic esters (lactones) is 1. The van der Waals surface area contributed by atoms with E-state index in [1.54, 1.807) is 12.1 Å². The number of hydrogen-bond donors (Lipinski definition) is 0. The lowest BCUT2D eigenvalue weighted by Crippen LogP contribution is -2.02. The zero-order valence-corrected chi connectivity index (χ0v) is 11.4. The van der Waals surface area contributed by atoms with E-state index >= 15 is 0 Å². The van der Waals surface area contributed by atoms with Crippen molar-refractivity contribution >= 4 is 17.8 Å². The molecule has 0 saturated carbocycles. The third-order valence-corrected chi connectivity index (χ3v) is 2.89. The minimum atomic E-state index is -0.633. The first kappa shape index (κ1) is 13.9. The van der Waals surface area contributed by atoms with Crippen molar-refractivity contribution in [2.24, 2.45) is 0 Å². The highest BCUT2D eigenvalue weighted by Gasteiger charge is 2.28. The molecule has 0 N–H and O–H groups in total. The highest BCUT2D eigenvalue weighted by atomic mass is 16.5. The quantitative estimate of drug-likeness (QED) is 0.468. The van der Waals surface area contributed by atoms with Gasteiger partial charge in [-0.3, -0.25) is 4.79 Å². The monoisotopic (exact) mass is 278 g/mol. The van der Waals surface area contributed by atoms with Gasteiger partial charge in [0.25, 0.3) is 0 Å². The maximum Gasteiger partial charge on any atom is 0.342 e. The number of methoxy groups -OCH3 is 3. The second-order valence-electron chi connectivity index (χ2n) is 3.98. The van der Waals surface area contributed by atoms with E-state index in [2.05, 4.69) is 4.74 Å². The molecule has 1 heterocycles. The third-order valence-electron chi connectivity index (χ3n) is 2.89. The maximum atomic E-state index is 11.6. The molecule has 0 unspecified atom stereocenters. The van der Waals surface area contributed by atoms with Crippen molar-refractivity contribution in [2.75, 3.05) is 27.9 Å². The smallest absolute Gasteiger partial charge is 0.342 e. The van der Waals surface area contributed by atoms with Crippen LogP contribution >= 0.6 is 0 Å². The average Bonchev–Trinajstić information content (AvgIpc) is 2.78. The van der Waals surface area contributed by atoms with Gasteiger partial charge in [-0.05, 0) is 18.2 Å². The van der Waals surface area contributed by atoms with E-state index in [4.69, 9.17) is 14.2 Å². The molecule has 106 valence electrons. The van der Waals surface area contributed by atoms with Crippen LogP contribution < -0.4 is 14.2 Å². The highest BCUT2D eigenvalue weighted by Crippen LogP contribution is 2.40. The lowest BCUT2D eigenvalue weighted by molar-refractivity contribution is -0.135. The summed E-state index contributed by atoms with van der Waals surface area (Å²) in [5.41, 5.74) is 0.530. The molecule has 1 aliphatic rings. The second kappa shape index (κ2) is 5.64. The molecular formula is C14H14O6. The number of hydrogen-bond acceptors (Lipinski definition) is 6. The Hall–Kier alpha value is -2.50. The number of ketones is 1. The van der Waals surface area contributed by atoms with E-state index in [1.807, 2.05) is 0 Å². The Morgan fingerprint density at radius 2 is 1.75 bits per heavy atom. The molecule has 0 atom stereocenters. The highest BCUT2D eigenvalue weighted by molar-refractivity contribution is 6.25. The maximum absolute atomic E-state index is 11.6. The molecule has 1 aromatic carbocycles. The predicted octanol–water partition coefficient (Wildman–Crippen LogP) is 1.22. The number of benzene rings is 1. The van der Waals surface area contributed by atoms with Gasteiger partial charge in [-0.1, -0.05) is 0 Å². The summed E-state index contributed by atoms with van der Waals surface area (Å²) in [5.74, 6) is 0.278. The molecule has 1 saturated heterocycles. The number of carbonyl (C=O) groups excluding carboxylic acids is 2. The van der Waals surface area contributed by atoms with Crippen LogP contribution in [-0.2, 0) is 14.3 Å². The van der Waals surface area contributed by atoms with E-state index in [9.17, 15) is 9.59 Å². The summed E-state index contributed by atoms with van der Waals surface area (Å²) in [4.78, 5) is 23.0. The van der Waals surface area contributed by atoms with Crippen molar-refractivity contribution in [3.63, 3.8) is 0 Å². The lowest BCUT2D eigenvalue weighted by Gasteiger charge is -2.14. The number of rotatable bonds is 4. The Kier molecular flexibility index (Phi) is 3.93. The van der Waals surface area contributed by atoms with Gasteiger partial charge in [0, 0.05) is 5.56 Å². The Morgan fingerprint density at radius 3 is 2.25 bits per heavy atom. The van der Waals surface area contributed by atoms with Crippen LogP contribution in [0.1, 0.15) is 5.56 Å². The minimum absolute atomic E-state index is 0.00415. The molecule has 0 amide bonds. The summed E-state index contributed by atoms with van der Waals surface area (Å²) >= 11 is 0. The van der Waals surface area contributed by atoms with Crippen molar-refractivity contribution < 1.29 is 28.5 Å². The van der Waals surface area contributed by atoms with Gasteiger partial charge in [-0.15, -0.1) is 0 Å². The van der Waals surface area contributed by atoms with E-state index in [0.29, 0.717) is 22.8 Å². The second-order valence-corrected chi connectivity index (χ2v) is 3.98. The molecule has 1 aromatic rings. The van der Waals surface area contributed by atoms with Gasteiger partial charge >= 0.3 is 5.97 Å². The van der Waals surface area contributed by atoms with Gasteiger partial charge in [0.1, 0.15) is 5.57 Å². The van der Waals surface area contributed by atoms with Gasteiger partial charge in [-0.2, -0.15) is 0 Å². The number of esters is 1. The standard InChI is InChI=1S/C14H14O6/c1-17-11-5-4-8(12(18-2)13(11)19-3)6-9-10(15)7-20-14(9)16/h4-6H,7H2,1-3H3. The topological polar surface area (TPSA) is 71.1 Å². The van der Waals surface area contributed by atoms with Crippen molar-refractivity contribution in [3.8, 4) is 17.2 Å². The summed E-state index contributed by atoms with van der Waals surface area (Å²) in [6, 6.07) is 3.34. The van der Waals surface area contributed by atoms with E-state index < -0.39 is 5.97 Å². The van der Waals surface area contributed by atoms with Crippen LogP contribution in [0.25, 0.3) is 6.08 Å². The summed E-state index contributed by atoms with van der Waals surface area (Å²) in [6.45, 7) is -0.222. The van der Waals surface area contributed by atoms with Gasteiger partial charge in [0.2, 0.25) is 11.5 Å². The largest absolute Gasteiger partial charge is 0.493 e. The molecule has 0 bridgehead atoms. The molecule has 0 aromatic heterocycles. The van der Waals surface area contributed by atoms with Crippen LogP contribution in [0.2, 0.25) is 0 Å². The summed E-state index contributed by atoms with van der Waals surface area (Å²) in [6.07, 6.45) is 1.43. The van der Waals surface area contributed by atoms with Crippen LogP contribution in [-0.4, -0.2) is 39.7 Å². The SMILES string of the molecule is COc1ccc(C=C2C(=O)COC2=O)c(OC)c1OC. The molecule has 20 heavy (non-hydrogen) atoms. The lowest BCUT2D eigenvalue weighted by atomic mass is 10.1. The molecule has 0 spiro atoms. The van der Waals surface area contributed by atoms with Gasteiger partial charge in [0.15, 0.2) is 18.1 Å². The Bertz CT molecular complexity index is 570. The van der Waals surface area contributed by atoms with Gasteiger partial charge in [0.05, 0.1) is 21.3 Å². The summed E-state index contributed by atoms with van der Waals surface area (Å²) < 4.78 is 20.3. The average molecular weight is 278 g/mol. The van der Waals surface area contributed by atoms with E-state index in [1.165, 1.54) is 27.4 Å². The van der Waals surface area contributed by atoms with Crippen molar-refractivity contribution in [2.45, 2.75) is 0 Å². The van der Waals surface area contributed by atoms with Crippen LogP contribution in [0, 0.1) is 0 Å². The fraction of sp³-hybridized carbons (Fsp3) is 0.286. The summed E-state index contributed by atoms with van der Waals surface area (Å²) in [7, 11) is 4.45.